The van der Waals surface area contributed by atoms with Gasteiger partial charge in [-0.15, -0.1) is 0 Å². The quantitative estimate of drug-likeness (QED) is 0.203. The van der Waals surface area contributed by atoms with Crippen molar-refractivity contribution in [2.75, 3.05) is 20.8 Å². The van der Waals surface area contributed by atoms with E-state index in [0.29, 0.717) is 59.2 Å². The molecule has 1 amide bonds. The summed E-state index contributed by atoms with van der Waals surface area (Å²) in [4.78, 5) is 30.4. The molecule has 0 aliphatic heterocycles. The second-order valence-corrected chi connectivity index (χ2v) is 9.62. The predicted molar refractivity (Wildman–Crippen MR) is 147 cm³/mol. The molecule has 9 heteroatoms. The van der Waals surface area contributed by atoms with Gasteiger partial charge in [-0.3, -0.25) is 14.2 Å². The van der Waals surface area contributed by atoms with Gasteiger partial charge in [0.1, 0.15) is 5.82 Å². The molecule has 0 saturated heterocycles. The van der Waals surface area contributed by atoms with Crippen molar-refractivity contribution in [2.24, 2.45) is 0 Å². The zero-order chi connectivity index (χ0) is 26.9. The molecule has 0 fully saturated rings. The Bertz CT molecular complexity index is 1470. The number of carbonyl (C=O) groups is 1. The van der Waals surface area contributed by atoms with E-state index in [1.807, 2.05) is 30.3 Å². The molecule has 7 nitrogen and oxygen atoms in total. The number of halogens is 1. The monoisotopic (exact) mass is 535 g/mol. The van der Waals surface area contributed by atoms with Crippen molar-refractivity contribution in [2.45, 2.75) is 36.7 Å². The Balaban J connectivity index is 1.36. The lowest BCUT2D eigenvalue weighted by Crippen LogP contribution is -2.27. The summed E-state index contributed by atoms with van der Waals surface area (Å²) in [6.07, 6.45) is 1.41. The number of aromatic nitrogens is 2. The number of nitrogens with one attached hydrogen (secondary N) is 1. The highest BCUT2D eigenvalue weighted by atomic mass is 32.2. The molecule has 198 valence electrons. The number of carbonyl (C=O) groups excluding carboxylic acids is 1. The van der Waals surface area contributed by atoms with E-state index in [0.717, 1.165) is 11.1 Å². The molecule has 38 heavy (non-hydrogen) atoms. The minimum atomic E-state index is -0.302. The molecule has 0 bridgehead atoms. The smallest absolute Gasteiger partial charge is 0.262 e. The van der Waals surface area contributed by atoms with Gasteiger partial charge in [0.2, 0.25) is 5.91 Å². The zero-order valence-electron chi connectivity index (χ0n) is 21.4. The Kier molecular flexibility index (Phi) is 9.37. The SMILES string of the molecule is COc1ccc(CCNC(=O)CCCn2c(SCc3cccc(F)c3)nc3ccccc3c2=O)cc1OC. The van der Waals surface area contributed by atoms with Crippen molar-refractivity contribution in [3.8, 4) is 11.5 Å². The molecule has 1 N–H and O–H groups in total. The number of amides is 1. The largest absolute Gasteiger partial charge is 0.493 e. The summed E-state index contributed by atoms with van der Waals surface area (Å²) in [6, 6.07) is 19.3. The maximum atomic E-state index is 13.6. The number of hydrogen-bond donors (Lipinski definition) is 1. The molecule has 4 aromatic rings. The predicted octanol–water partition coefficient (Wildman–Crippen LogP) is 4.98. The lowest BCUT2D eigenvalue weighted by molar-refractivity contribution is -0.121. The molecule has 0 spiro atoms. The fourth-order valence-corrected chi connectivity index (χ4v) is 5.07. The van der Waals surface area contributed by atoms with E-state index < -0.39 is 0 Å². The highest BCUT2D eigenvalue weighted by Gasteiger charge is 2.13. The van der Waals surface area contributed by atoms with Crippen LogP contribution in [0.4, 0.5) is 4.39 Å². The standard InChI is InChI=1S/C29H30FN3O4S/c1-36-25-13-12-20(18-26(25)37-2)14-15-31-27(34)11-6-16-33-28(35)23-9-3-4-10-24(23)32-29(33)38-19-21-7-5-8-22(30)17-21/h3-5,7-10,12-13,17-18H,6,11,14-16,19H2,1-2H3,(H,31,34). The Morgan fingerprint density at radius 3 is 2.61 bits per heavy atom. The van der Waals surface area contributed by atoms with Gasteiger partial charge < -0.3 is 14.8 Å². The number of benzene rings is 3. The van der Waals surface area contributed by atoms with Gasteiger partial charge in [-0.05, 0) is 60.4 Å². The van der Waals surface area contributed by atoms with Crippen molar-refractivity contribution in [1.82, 2.24) is 14.9 Å². The maximum absolute atomic E-state index is 13.6. The Morgan fingerprint density at radius 2 is 1.82 bits per heavy atom. The first kappa shape index (κ1) is 27.2. The average Bonchev–Trinajstić information content (AvgIpc) is 2.93. The van der Waals surface area contributed by atoms with Crippen LogP contribution < -0.4 is 20.3 Å². The third-order valence-electron chi connectivity index (χ3n) is 6.05. The van der Waals surface area contributed by atoms with E-state index in [-0.39, 0.29) is 23.7 Å². The molecule has 0 aliphatic carbocycles. The molecule has 4 rings (SSSR count). The van der Waals surface area contributed by atoms with Gasteiger partial charge in [-0.2, -0.15) is 0 Å². The summed E-state index contributed by atoms with van der Waals surface area (Å²) in [5.41, 5.74) is 2.30. The summed E-state index contributed by atoms with van der Waals surface area (Å²) < 4.78 is 25.8. The van der Waals surface area contributed by atoms with Crippen LogP contribution in [0.2, 0.25) is 0 Å². The van der Waals surface area contributed by atoms with Gasteiger partial charge in [-0.1, -0.05) is 42.1 Å². The molecular weight excluding hydrogens is 505 g/mol. The van der Waals surface area contributed by atoms with Crippen LogP contribution in [-0.4, -0.2) is 36.2 Å². The lowest BCUT2D eigenvalue weighted by atomic mass is 10.1. The van der Waals surface area contributed by atoms with E-state index in [2.05, 4.69) is 5.32 Å². The zero-order valence-corrected chi connectivity index (χ0v) is 22.2. The Hall–Kier alpha value is -3.85. The molecule has 0 unspecified atom stereocenters. The van der Waals surface area contributed by atoms with Crippen LogP contribution >= 0.6 is 11.8 Å². The minimum absolute atomic E-state index is 0.0822. The van der Waals surface area contributed by atoms with Crippen LogP contribution in [0, 0.1) is 5.82 Å². The second-order valence-electron chi connectivity index (χ2n) is 8.68. The second kappa shape index (κ2) is 13.1. The highest BCUT2D eigenvalue weighted by Crippen LogP contribution is 2.27. The average molecular weight is 536 g/mol. The van der Waals surface area contributed by atoms with Crippen molar-refractivity contribution in [3.05, 3.63) is 94.0 Å². The first-order valence-corrected chi connectivity index (χ1v) is 13.3. The summed E-state index contributed by atoms with van der Waals surface area (Å²) in [5.74, 6) is 1.40. The number of methoxy groups -OCH3 is 2. The first-order valence-electron chi connectivity index (χ1n) is 12.3. The number of nitrogens with zero attached hydrogens (tertiary/aromatic N) is 2. The molecule has 0 saturated carbocycles. The van der Waals surface area contributed by atoms with Crippen LogP contribution in [0.25, 0.3) is 10.9 Å². The molecule has 1 heterocycles. The molecule has 0 atom stereocenters. The molecule has 3 aromatic carbocycles. The van der Waals surface area contributed by atoms with E-state index in [1.54, 1.807) is 43.1 Å². The summed E-state index contributed by atoms with van der Waals surface area (Å²) in [7, 11) is 3.18. The van der Waals surface area contributed by atoms with E-state index in [9.17, 15) is 14.0 Å². The van der Waals surface area contributed by atoms with Gasteiger partial charge in [0, 0.05) is 25.3 Å². The van der Waals surface area contributed by atoms with Gasteiger partial charge in [0.05, 0.1) is 25.1 Å². The highest BCUT2D eigenvalue weighted by molar-refractivity contribution is 7.98. The lowest BCUT2D eigenvalue weighted by Gasteiger charge is -2.13. The van der Waals surface area contributed by atoms with Gasteiger partial charge in [0.15, 0.2) is 16.7 Å². The van der Waals surface area contributed by atoms with Crippen LogP contribution in [0.1, 0.15) is 24.0 Å². The van der Waals surface area contributed by atoms with Crippen molar-refractivity contribution in [1.29, 1.82) is 0 Å². The number of para-hydroxylation sites is 1. The molecular formula is C29H30FN3O4S. The van der Waals surface area contributed by atoms with Crippen LogP contribution in [0.15, 0.2) is 76.7 Å². The number of thioether (sulfide) groups is 1. The summed E-state index contributed by atoms with van der Waals surface area (Å²) in [6.45, 7) is 0.839. The van der Waals surface area contributed by atoms with Crippen molar-refractivity contribution < 1.29 is 18.7 Å². The fraction of sp³-hybridized carbons (Fsp3) is 0.276. The minimum Gasteiger partial charge on any atom is -0.493 e. The maximum Gasteiger partial charge on any atom is 0.262 e. The number of fused-ring (bicyclic) bond motifs is 1. The van der Waals surface area contributed by atoms with E-state index in [1.165, 1.54) is 23.9 Å². The van der Waals surface area contributed by atoms with Crippen LogP contribution in [0.3, 0.4) is 0 Å². The first-order chi connectivity index (χ1) is 18.5. The Labute approximate surface area is 225 Å². The molecule has 0 aliphatic rings. The Morgan fingerprint density at radius 1 is 1.00 bits per heavy atom. The molecule has 0 radical (unpaired) electrons. The third-order valence-corrected chi connectivity index (χ3v) is 7.10. The van der Waals surface area contributed by atoms with E-state index in [4.69, 9.17) is 14.5 Å². The van der Waals surface area contributed by atoms with Gasteiger partial charge in [0.25, 0.3) is 5.56 Å². The fourth-order valence-electron chi connectivity index (χ4n) is 4.10. The topological polar surface area (TPSA) is 82.5 Å². The number of ether oxygens (including phenoxy) is 2. The third kappa shape index (κ3) is 6.92. The van der Waals surface area contributed by atoms with Crippen molar-refractivity contribution in [3.63, 3.8) is 0 Å². The normalized spacial score (nSPS) is 10.9. The van der Waals surface area contributed by atoms with Crippen LogP contribution in [-0.2, 0) is 23.5 Å². The van der Waals surface area contributed by atoms with E-state index >= 15 is 0 Å². The van der Waals surface area contributed by atoms with Crippen LogP contribution in [0.5, 0.6) is 11.5 Å². The number of hydrogen-bond acceptors (Lipinski definition) is 6. The van der Waals surface area contributed by atoms with Gasteiger partial charge in [-0.25, -0.2) is 9.37 Å². The summed E-state index contributed by atoms with van der Waals surface area (Å²) in [5, 5.41) is 4.02. The van der Waals surface area contributed by atoms with Crippen molar-refractivity contribution >= 4 is 28.6 Å². The van der Waals surface area contributed by atoms with Gasteiger partial charge >= 0.3 is 0 Å². The number of rotatable bonds is 12. The molecule has 1 aromatic heterocycles. The summed E-state index contributed by atoms with van der Waals surface area (Å²) >= 11 is 1.38.